The molecule has 24 heavy (non-hydrogen) atoms. The van der Waals surface area contributed by atoms with Crippen LogP contribution in [0.25, 0.3) is 0 Å². The Balaban J connectivity index is 1.69. The lowest BCUT2D eigenvalue weighted by Gasteiger charge is -2.26. The first-order chi connectivity index (χ1) is 11.7. The standard InChI is InChI=1S/C18H32N4OS/c1-3-12-24-13-10-20-18(19-2)21-16-9-11-22(14-16)17(23)15-7-5-4-6-8-15/h3,15-16H,1,4-14H2,2H3,(H2,19,20,21). The number of hydrogen-bond donors (Lipinski definition) is 2. The quantitative estimate of drug-likeness (QED) is 0.319. The molecule has 1 aliphatic heterocycles. The van der Waals surface area contributed by atoms with Crippen molar-refractivity contribution in [3.05, 3.63) is 12.7 Å². The van der Waals surface area contributed by atoms with Crippen molar-refractivity contribution in [2.24, 2.45) is 10.9 Å². The first kappa shape index (κ1) is 19.2. The summed E-state index contributed by atoms with van der Waals surface area (Å²) in [6.07, 6.45) is 8.82. The molecule has 0 aromatic rings. The van der Waals surface area contributed by atoms with Gasteiger partial charge in [0.15, 0.2) is 5.96 Å². The minimum absolute atomic E-state index is 0.275. The predicted octanol–water partition coefficient (Wildman–Crippen LogP) is 2.25. The second kappa shape index (κ2) is 10.6. The molecule has 1 aliphatic carbocycles. The third kappa shape index (κ3) is 6.04. The number of nitrogens with zero attached hydrogens (tertiary/aromatic N) is 2. The third-order valence-corrected chi connectivity index (χ3v) is 5.76. The molecule has 2 aliphatic rings. The Morgan fingerprint density at radius 1 is 1.33 bits per heavy atom. The lowest BCUT2D eigenvalue weighted by atomic mass is 9.88. The second-order valence-corrected chi connectivity index (χ2v) is 7.76. The summed E-state index contributed by atoms with van der Waals surface area (Å²) in [5.74, 6) is 3.50. The molecule has 2 N–H and O–H groups in total. The molecule has 0 aromatic carbocycles. The van der Waals surface area contributed by atoms with E-state index in [1.54, 1.807) is 7.05 Å². The number of carbonyl (C=O) groups is 1. The van der Waals surface area contributed by atoms with E-state index in [0.29, 0.717) is 11.9 Å². The van der Waals surface area contributed by atoms with Crippen LogP contribution in [-0.4, -0.2) is 61.0 Å². The first-order valence-corrected chi connectivity index (χ1v) is 10.3. The van der Waals surface area contributed by atoms with Gasteiger partial charge in [-0.2, -0.15) is 11.8 Å². The minimum atomic E-state index is 0.275. The lowest BCUT2D eigenvalue weighted by Crippen LogP contribution is -2.46. The Morgan fingerprint density at radius 3 is 2.83 bits per heavy atom. The van der Waals surface area contributed by atoms with Crippen LogP contribution in [0, 0.1) is 5.92 Å². The molecule has 5 nitrogen and oxygen atoms in total. The first-order valence-electron chi connectivity index (χ1n) is 9.19. The van der Waals surface area contributed by atoms with Crippen LogP contribution in [0.4, 0.5) is 0 Å². The van der Waals surface area contributed by atoms with E-state index in [9.17, 15) is 4.79 Å². The van der Waals surface area contributed by atoms with Gasteiger partial charge in [-0.1, -0.05) is 25.3 Å². The molecule has 0 aromatic heterocycles. The minimum Gasteiger partial charge on any atom is -0.356 e. The van der Waals surface area contributed by atoms with Crippen LogP contribution < -0.4 is 10.6 Å². The summed E-state index contributed by atoms with van der Waals surface area (Å²) in [5, 5.41) is 6.80. The van der Waals surface area contributed by atoms with E-state index < -0.39 is 0 Å². The maximum absolute atomic E-state index is 12.6. The SMILES string of the molecule is C=CCSCCNC(=NC)NC1CCN(C(=O)C2CCCCC2)C1. The Morgan fingerprint density at radius 2 is 2.12 bits per heavy atom. The van der Waals surface area contributed by atoms with Gasteiger partial charge in [0.1, 0.15) is 0 Å². The van der Waals surface area contributed by atoms with Crippen LogP contribution in [0.5, 0.6) is 0 Å². The summed E-state index contributed by atoms with van der Waals surface area (Å²) in [5.41, 5.74) is 0. The largest absolute Gasteiger partial charge is 0.356 e. The number of aliphatic imine (C=N–C) groups is 1. The van der Waals surface area contributed by atoms with E-state index in [1.807, 2.05) is 17.8 Å². The van der Waals surface area contributed by atoms with Gasteiger partial charge in [0, 0.05) is 50.1 Å². The zero-order valence-electron chi connectivity index (χ0n) is 14.9. The van der Waals surface area contributed by atoms with Gasteiger partial charge in [-0.3, -0.25) is 9.79 Å². The van der Waals surface area contributed by atoms with Gasteiger partial charge in [-0.25, -0.2) is 0 Å². The van der Waals surface area contributed by atoms with Gasteiger partial charge in [0.05, 0.1) is 0 Å². The van der Waals surface area contributed by atoms with Crippen molar-refractivity contribution in [3.8, 4) is 0 Å². The predicted molar refractivity (Wildman–Crippen MR) is 104 cm³/mol. The molecule has 0 spiro atoms. The average Bonchev–Trinajstić information content (AvgIpc) is 3.09. The number of guanidine groups is 1. The monoisotopic (exact) mass is 352 g/mol. The highest BCUT2D eigenvalue weighted by Gasteiger charge is 2.31. The molecule has 1 heterocycles. The smallest absolute Gasteiger partial charge is 0.225 e. The van der Waals surface area contributed by atoms with Gasteiger partial charge >= 0.3 is 0 Å². The second-order valence-electron chi connectivity index (χ2n) is 6.61. The van der Waals surface area contributed by atoms with Crippen LogP contribution in [-0.2, 0) is 4.79 Å². The fourth-order valence-corrected chi connectivity index (χ4v) is 4.06. The summed E-state index contributed by atoms with van der Waals surface area (Å²) >= 11 is 1.85. The number of thioether (sulfide) groups is 1. The molecule has 2 fully saturated rings. The molecule has 0 bridgehead atoms. The topological polar surface area (TPSA) is 56.7 Å². The zero-order chi connectivity index (χ0) is 17.2. The zero-order valence-corrected chi connectivity index (χ0v) is 15.7. The molecule has 2 rings (SSSR count). The highest BCUT2D eigenvalue weighted by Crippen LogP contribution is 2.26. The number of hydrogen-bond acceptors (Lipinski definition) is 3. The van der Waals surface area contributed by atoms with Gasteiger partial charge in [-0.05, 0) is 19.3 Å². The van der Waals surface area contributed by atoms with Crippen molar-refractivity contribution in [2.75, 3.05) is 38.2 Å². The van der Waals surface area contributed by atoms with E-state index in [1.165, 1.54) is 19.3 Å². The third-order valence-electron chi connectivity index (χ3n) is 4.79. The molecule has 1 atom stereocenters. The van der Waals surface area contributed by atoms with Crippen molar-refractivity contribution >= 4 is 23.6 Å². The van der Waals surface area contributed by atoms with Gasteiger partial charge in [0.25, 0.3) is 0 Å². The fourth-order valence-electron chi connectivity index (χ4n) is 3.48. The van der Waals surface area contributed by atoms with Crippen molar-refractivity contribution in [3.63, 3.8) is 0 Å². The van der Waals surface area contributed by atoms with E-state index in [4.69, 9.17) is 0 Å². The maximum Gasteiger partial charge on any atom is 0.225 e. The Bertz CT molecular complexity index is 435. The van der Waals surface area contributed by atoms with E-state index in [2.05, 4.69) is 27.1 Å². The van der Waals surface area contributed by atoms with E-state index in [0.717, 1.165) is 56.4 Å². The molecule has 1 unspecified atom stereocenters. The lowest BCUT2D eigenvalue weighted by molar-refractivity contribution is -0.135. The molecule has 1 amide bonds. The summed E-state index contributed by atoms with van der Waals surface area (Å²) in [7, 11) is 1.80. The number of likely N-dealkylation sites (tertiary alicyclic amines) is 1. The number of rotatable bonds is 7. The van der Waals surface area contributed by atoms with Crippen LogP contribution in [0.15, 0.2) is 17.6 Å². The Kier molecular flexibility index (Phi) is 8.50. The molecule has 6 heteroatoms. The number of carbonyl (C=O) groups excluding carboxylic acids is 1. The van der Waals surface area contributed by atoms with Crippen LogP contribution >= 0.6 is 11.8 Å². The molecular formula is C18H32N4OS. The summed E-state index contributed by atoms with van der Waals surface area (Å²) in [6, 6.07) is 0.310. The maximum atomic E-state index is 12.6. The van der Waals surface area contributed by atoms with Crippen molar-refractivity contribution < 1.29 is 4.79 Å². The van der Waals surface area contributed by atoms with Crippen LogP contribution in [0.2, 0.25) is 0 Å². The van der Waals surface area contributed by atoms with Crippen LogP contribution in [0.1, 0.15) is 38.5 Å². The molecule has 136 valence electrons. The summed E-state index contributed by atoms with van der Waals surface area (Å²) < 4.78 is 0. The Hall–Kier alpha value is -1.17. The number of nitrogens with one attached hydrogen (secondary N) is 2. The molecule has 1 saturated carbocycles. The van der Waals surface area contributed by atoms with E-state index in [-0.39, 0.29) is 5.92 Å². The van der Waals surface area contributed by atoms with Gasteiger partial charge < -0.3 is 15.5 Å². The van der Waals surface area contributed by atoms with Crippen molar-refractivity contribution in [1.82, 2.24) is 15.5 Å². The number of amides is 1. The Labute approximate surface area is 150 Å². The fraction of sp³-hybridized carbons (Fsp3) is 0.778. The van der Waals surface area contributed by atoms with E-state index >= 15 is 0 Å². The van der Waals surface area contributed by atoms with Gasteiger partial charge in [-0.15, -0.1) is 6.58 Å². The highest BCUT2D eigenvalue weighted by atomic mass is 32.2. The van der Waals surface area contributed by atoms with Crippen molar-refractivity contribution in [1.29, 1.82) is 0 Å². The summed E-state index contributed by atoms with van der Waals surface area (Å²) in [6.45, 7) is 6.29. The van der Waals surface area contributed by atoms with Crippen LogP contribution in [0.3, 0.4) is 0 Å². The molecule has 1 saturated heterocycles. The summed E-state index contributed by atoms with van der Waals surface area (Å²) in [4.78, 5) is 19.0. The van der Waals surface area contributed by atoms with Crippen molar-refractivity contribution in [2.45, 2.75) is 44.6 Å². The molecule has 0 radical (unpaired) electrons. The van der Waals surface area contributed by atoms with Gasteiger partial charge in [0.2, 0.25) is 5.91 Å². The normalized spacial score (nSPS) is 22.5. The average molecular weight is 353 g/mol. The highest BCUT2D eigenvalue weighted by molar-refractivity contribution is 7.99. The molecular weight excluding hydrogens is 320 g/mol.